The van der Waals surface area contributed by atoms with E-state index in [4.69, 9.17) is 0 Å². The van der Waals surface area contributed by atoms with Gasteiger partial charge in [-0.15, -0.1) is 0 Å². The van der Waals surface area contributed by atoms with Crippen molar-refractivity contribution in [2.24, 2.45) is 0 Å². The van der Waals surface area contributed by atoms with Crippen LogP contribution in [0.1, 0.15) is 10.4 Å². The highest BCUT2D eigenvalue weighted by molar-refractivity contribution is 14.1. The van der Waals surface area contributed by atoms with Crippen molar-refractivity contribution < 1.29 is 4.79 Å². The first-order valence-electron chi connectivity index (χ1n) is 11.3. The summed E-state index contributed by atoms with van der Waals surface area (Å²) in [5.41, 5.74) is 7.02. The van der Waals surface area contributed by atoms with E-state index in [-0.39, 0.29) is 0 Å². The minimum Gasteiger partial charge on any atom is -0.311 e. The third kappa shape index (κ3) is 5.12. The van der Waals surface area contributed by atoms with E-state index in [1.54, 1.807) is 0 Å². The highest BCUT2D eigenvalue weighted by Crippen LogP contribution is 2.38. The number of carbonyl (C=O) groups excluding carboxylic acids is 1. The van der Waals surface area contributed by atoms with Crippen LogP contribution in [0, 0.1) is 3.57 Å². The molecule has 0 radical (unpaired) electrons. The second kappa shape index (κ2) is 10.6. The van der Waals surface area contributed by atoms with E-state index in [0.717, 1.165) is 40.4 Å². The maximum atomic E-state index is 11.2. The zero-order chi connectivity index (χ0) is 24.0. The lowest BCUT2D eigenvalue weighted by Crippen LogP contribution is -2.12. The lowest BCUT2D eigenvalue weighted by Gasteiger charge is -2.28. The van der Waals surface area contributed by atoms with Gasteiger partial charge in [-0.1, -0.05) is 36.4 Å². The van der Waals surface area contributed by atoms with Gasteiger partial charge in [-0.05, 0) is 120 Å². The molecule has 0 aliphatic rings. The highest BCUT2D eigenvalue weighted by atomic mass is 127. The molecule has 0 saturated carbocycles. The van der Waals surface area contributed by atoms with Gasteiger partial charge in [0.2, 0.25) is 0 Å². The predicted octanol–water partition coefficient (Wildman–Crippen LogP) is 9.04. The second-order valence-corrected chi connectivity index (χ2v) is 9.29. The summed E-state index contributed by atoms with van der Waals surface area (Å²) in [6.45, 7) is 0. The second-order valence-electron chi connectivity index (χ2n) is 8.04. The molecular formula is C31H23IN2O. The molecular weight excluding hydrogens is 543 g/mol. The number of anilines is 6. The smallest absolute Gasteiger partial charge is 0.150 e. The maximum Gasteiger partial charge on any atom is 0.150 e. The van der Waals surface area contributed by atoms with Crippen LogP contribution in [0.2, 0.25) is 0 Å². The largest absolute Gasteiger partial charge is 0.311 e. The molecule has 0 fully saturated rings. The van der Waals surface area contributed by atoms with Crippen LogP contribution in [-0.4, -0.2) is 6.29 Å². The quantitative estimate of drug-likeness (QED) is 0.145. The minimum atomic E-state index is 0.660. The molecule has 0 atom stereocenters. The fraction of sp³-hybridized carbons (Fsp3) is 0. The Balaban J connectivity index is 1.57. The Morgan fingerprint density at radius 2 is 0.743 bits per heavy atom. The van der Waals surface area contributed by atoms with E-state index in [2.05, 4.69) is 129 Å². The molecule has 0 unspecified atom stereocenters. The number of rotatable bonds is 7. The number of hydrogen-bond acceptors (Lipinski definition) is 3. The molecule has 0 aromatic heterocycles. The van der Waals surface area contributed by atoms with Crippen LogP contribution in [0.3, 0.4) is 0 Å². The van der Waals surface area contributed by atoms with Gasteiger partial charge in [0.25, 0.3) is 0 Å². The first kappa shape index (κ1) is 22.9. The minimum absolute atomic E-state index is 0.660. The summed E-state index contributed by atoms with van der Waals surface area (Å²) in [5, 5.41) is 0. The zero-order valence-corrected chi connectivity index (χ0v) is 21.1. The van der Waals surface area contributed by atoms with Crippen LogP contribution in [0.25, 0.3) is 0 Å². The maximum absolute atomic E-state index is 11.2. The van der Waals surface area contributed by atoms with Crippen molar-refractivity contribution in [3.05, 3.63) is 143 Å². The van der Waals surface area contributed by atoms with Gasteiger partial charge in [-0.25, -0.2) is 0 Å². The normalized spacial score (nSPS) is 10.5. The molecule has 0 aliphatic heterocycles. The van der Waals surface area contributed by atoms with Crippen LogP contribution < -0.4 is 9.80 Å². The molecule has 0 saturated heterocycles. The van der Waals surface area contributed by atoms with E-state index in [0.29, 0.717) is 5.56 Å². The molecule has 3 nitrogen and oxygen atoms in total. The lowest BCUT2D eigenvalue weighted by atomic mass is 10.1. The molecule has 0 heterocycles. The first-order valence-corrected chi connectivity index (χ1v) is 12.4. The van der Waals surface area contributed by atoms with E-state index in [1.807, 2.05) is 36.4 Å². The lowest BCUT2D eigenvalue weighted by molar-refractivity contribution is 0.112. The van der Waals surface area contributed by atoms with Gasteiger partial charge >= 0.3 is 0 Å². The van der Waals surface area contributed by atoms with Crippen LogP contribution >= 0.6 is 22.6 Å². The monoisotopic (exact) mass is 566 g/mol. The van der Waals surface area contributed by atoms with Gasteiger partial charge in [0.1, 0.15) is 6.29 Å². The molecule has 5 aromatic rings. The molecule has 0 N–H and O–H groups in total. The Hall–Kier alpha value is -3.90. The van der Waals surface area contributed by atoms with Crippen LogP contribution in [0.4, 0.5) is 34.1 Å². The fourth-order valence-electron chi connectivity index (χ4n) is 4.09. The summed E-state index contributed by atoms with van der Waals surface area (Å²) in [6, 6.07) is 45.4. The summed E-state index contributed by atoms with van der Waals surface area (Å²) in [7, 11) is 0. The third-order valence-corrected chi connectivity index (χ3v) is 6.49. The SMILES string of the molecule is O=Cc1ccc(N(c2ccc(I)cc2)c2ccc(N(c3ccccc3)c3ccccc3)cc2)cc1. The number of para-hydroxylation sites is 2. The molecule has 0 bridgehead atoms. The molecule has 0 aliphatic carbocycles. The summed E-state index contributed by atoms with van der Waals surface area (Å²) in [5.74, 6) is 0. The molecule has 5 aromatic carbocycles. The van der Waals surface area contributed by atoms with Gasteiger partial charge in [0, 0.05) is 43.3 Å². The number of aldehydes is 1. The highest BCUT2D eigenvalue weighted by Gasteiger charge is 2.15. The van der Waals surface area contributed by atoms with Crippen molar-refractivity contribution in [2.75, 3.05) is 9.80 Å². The standard InChI is InChI=1S/C31H23IN2O/c32-25-13-17-29(18-14-25)34(28-15-11-24(23-35)12-16-28)31-21-19-30(20-22-31)33(26-7-3-1-4-8-26)27-9-5-2-6-10-27/h1-23H. The number of benzene rings is 5. The number of hydrogen-bond donors (Lipinski definition) is 0. The topological polar surface area (TPSA) is 23.6 Å². The Morgan fingerprint density at radius 3 is 1.11 bits per heavy atom. The van der Waals surface area contributed by atoms with Crippen molar-refractivity contribution in [1.29, 1.82) is 0 Å². The van der Waals surface area contributed by atoms with E-state index in [1.165, 1.54) is 3.57 Å². The van der Waals surface area contributed by atoms with Gasteiger partial charge in [0.15, 0.2) is 0 Å². The molecule has 35 heavy (non-hydrogen) atoms. The summed E-state index contributed by atoms with van der Waals surface area (Å²) in [6.07, 6.45) is 0.871. The van der Waals surface area contributed by atoms with Crippen molar-refractivity contribution >= 4 is 63.0 Å². The van der Waals surface area contributed by atoms with Gasteiger partial charge in [-0.3, -0.25) is 4.79 Å². The molecule has 0 amide bonds. The molecule has 170 valence electrons. The summed E-state index contributed by atoms with van der Waals surface area (Å²) in [4.78, 5) is 15.6. The first-order chi connectivity index (χ1) is 17.2. The van der Waals surface area contributed by atoms with Crippen molar-refractivity contribution in [2.45, 2.75) is 0 Å². The average molecular weight is 566 g/mol. The molecule has 5 rings (SSSR count). The Kier molecular flexibility index (Phi) is 6.91. The Bertz CT molecular complexity index is 1350. The van der Waals surface area contributed by atoms with Crippen molar-refractivity contribution in [3.8, 4) is 0 Å². The van der Waals surface area contributed by atoms with Crippen LogP contribution in [0.15, 0.2) is 133 Å². The van der Waals surface area contributed by atoms with Crippen LogP contribution in [0.5, 0.6) is 0 Å². The number of halogens is 1. The number of nitrogens with zero attached hydrogens (tertiary/aromatic N) is 2. The van der Waals surface area contributed by atoms with E-state index < -0.39 is 0 Å². The van der Waals surface area contributed by atoms with Gasteiger partial charge < -0.3 is 9.80 Å². The zero-order valence-electron chi connectivity index (χ0n) is 19.0. The predicted molar refractivity (Wildman–Crippen MR) is 154 cm³/mol. The van der Waals surface area contributed by atoms with Crippen molar-refractivity contribution in [3.63, 3.8) is 0 Å². The third-order valence-electron chi connectivity index (χ3n) is 5.77. The number of carbonyl (C=O) groups is 1. The Labute approximate surface area is 219 Å². The van der Waals surface area contributed by atoms with Crippen molar-refractivity contribution in [1.82, 2.24) is 0 Å². The van der Waals surface area contributed by atoms with Gasteiger partial charge in [0.05, 0.1) is 0 Å². The summed E-state index contributed by atoms with van der Waals surface area (Å²) < 4.78 is 1.18. The molecule has 0 spiro atoms. The molecule has 4 heteroatoms. The fourth-order valence-corrected chi connectivity index (χ4v) is 4.45. The Morgan fingerprint density at radius 1 is 0.429 bits per heavy atom. The van der Waals surface area contributed by atoms with Crippen LogP contribution in [-0.2, 0) is 0 Å². The summed E-state index contributed by atoms with van der Waals surface area (Å²) >= 11 is 2.32. The van der Waals surface area contributed by atoms with Gasteiger partial charge in [-0.2, -0.15) is 0 Å². The average Bonchev–Trinajstić information content (AvgIpc) is 2.92. The van der Waals surface area contributed by atoms with E-state index in [9.17, 15) is 4.79 Å². The van der Waals surface area contributed by atoms with E-state index >= 15 is 0 Å².